The minimum absolute atomic E-state index is 0. The van der Waals surface area contributed by atoms with Gasteiger partial charge < -0.3 is 15.1 Å². The van der Waals surface area contributed by atoms with Crippen molar-refractivity contribution in [1.29, 1.82) is 0 Å². The summed E-state index contributed by atoms with van der Waals surface area (Å²) in [4.78, 5) is 11.1. The highest BCUT2D eigenvalue weighted by Crippen LogP contribution is 2.25. The van der Waals surface area contributed by atoms with Crippen LogP contribution in [0.1, 0.15) is 31.6 Å². The monoisotopic (exact) mass is 562 g/mol. The Morgan fingerprint density at radius 1 is 1.23 bits per heavy atom. The van der Waals surface area contributed by atoms with Gasteiger partial charge in [-0.2, -0.15) is 0 Å². The van der Waals surface area contributed by atoms with Gasteiger partial charge >= 0.3 is 0 Å². The average molecular weight is 562 g/mol. The fourth-order valence-electron chi connectivity index (χ4n) is 3.39. The Bertz CT molecular complexity index is 887. The number of hydrogen-bond donors (Lipinski definition) is 3. The van der Waals surface area contributed by atoms with Gasteiger partial charge in [0, 0.05) is 32.0 Å². The normalized spacial score (nSPS) is 16.0. The maximum atomic E-state index is 12.3. The first kappa shape index (κ1) is 25.6. The number of nitrogens with zero attached hydrogens (tertiary/aromatic N) is 3. The first-order chi connectivity index (χ1) is 14.6. The zero-order valence-corrected chi connectivity index (χ0v) is 20.8. The van der Waals surface area contributed by atoms with Crippen LogP contribution >= 0.6 is 24.0 Å². The van der Waals surface area contributed by atoms with Crippen LogP contribution in [0.2, 0.25) is 0 Å². The lowest BCUT2D eigenvalue weighted by atomic mass is 10.2. The molecule has 1 aliphatic rings. The van der Waals surface area contributed by atoms with Crippen LogP contribution in [-0.2, 0) is 10.0 Å². The number of nitrogens with one attached hydrogen (secondary N) is 3. The van der Waals surface area contributed by atoms with Crippen LogP contribution in [0.4, 0.5) is 0 Å². The fourth-order valence-corrected chi connectivity index (χ4v) is 4.39. The van der Waals surface area contributed by atoms with Crippen LogP contribution in [0.15, 0.2) is 57.2 Å². The first-order valence-electron chi connectivity index (χ1n) is 10.3. The summed E-state index contributed by atoms with van der Waals surface area (Å²) in [5.41, 5.74) is 0. The minimum atomic E-state index is -3.57. The second-order valence-electron chi connectivity index (χ2n) is 7.01. The molecule has 11 heteroatoms. The second-order valence-corrected chi connectivity index (χ2v) is 8.77. The van der Waals surface area contributed by atoms with E-state index in [0.717, 1.165) is 18.8 Å². The summed E-state index contributed by atoms with van der Waals surface area (Å²) in [5, 5.41) is 6.39. The van der Waals surface area contributed by atoms with Gasteiger partial charge in [-0.25, -0.2) is 13.1 Å². The summed E-state index contributed by atoms with van der Waals surface area (Å²) >= 11 is 0. The molecule has 3 rings (SSSR count). The Morgan fingerprint density at radius 2 is 2.03 bits per heavy atom. The van der Waals surface area contributed by atoms with E-state index in [1.807, 2.05) is 19.1 Å². The van der Waals surface area contributed by atoms with Gasteiger partial charge in [-0.05, 0) is 57.1 Å². The minimum Gasteiger partial charge on any atom is -0.468 e. The van der Waals surface area contributed by atoms with Gasteiger partial charge in [0.1, 0.15) is 10.7 Å². The molecule has 172 valence electrons. The molecule has 0 amide bonds. The fraction of sp³-hybridized carbons (Fsp3) is 0.500. The van der Waals surface area contributed by atoms with Crippen molar-refractivity contribution in [1.82, 2.24) is 25.2 Å². The van der Waals surface area contributed by atoms with Crippen molar-refractivity contribution in [3.05, 3.63) is 48.7 Å². The Morgan fingerprint density at radius 3 is 2.68 bits per heavy atom. The summed E-state index contributed by atoms with van der Waals surface area (Å²) in [7, 11) is -3.57. The third-order valence-corrected chi connectivity index (χ3v) is 6.32. The Balaban J connectivity index is 0.00000341. The lowest BCUT2D eigenvalue weighted by Gasteiger charge is -2.24. The standard InChI is InChI=1S/C20H30N6O3S.HI/c1-2-22-20(23-10-11-25-30(27,28)17-7-5-9-21-15-17)24-16-18(19-8-6-14-29-19)26-12-3-4-13-26;/h5-9,14-15,18,25H,2-4,10-13,16H2,1H3,(H2,22,23,24);1H. The molecule has 1 saturated heterocycles. The van der Waals surface area contributed by atoms with Gasteiger partial charge in [0.2, 0.25) is 10.0 Å². The number of rotatable bonds is 10. The molecule has 9 nitrogen and oxygen atoms in total. The maximum absolute atomic E-state index is 12.3. The molecular weight excluding hydrogens is 531 g/mol. The average Bonchev–Trinajstić information content (AvgIpc) is 3.47. The van der Waals surface area contributed by atoms with Crippen LogP contribution in [0.3, 0.4) is 0 Å². The number of hydrogen-bond acceptors (Lipinski definition) is 6. The van der Waals surface area contributed by atoms with E-state index < -0.39 is 10.0 Å². The molecule has 0 aromatic carbocycles. The van der Waals surface area contributed by atoms with E-state index in [0.29, 0.717) is 25.6 Å². The van der Waals surface area contributed by atoms with Gasteiger partial charge in [0.05, 0.1) is 18.8 Å². The molecule has 2 aromatic heterocycles. The summed E-state index contributed by atoms with van der Waals surface area (Å²) in [5.74, 6) is 1.56. The SMILES string of the molecule is CCNC(=NCC(c1ccco1)N1CCCC1)NCCNS(=O)(=O)c1cccnc1.I. The van der Waals surface area contributed by atoms with E-state index in [-0.39, 0.29) is 41.5 Å². The molecule has 0 aliphatic carbocycles. The lowest BCUT2D eigenvalue weighted by Crippen LogP contribution is -2.42. The van der Waals surface area contributed by atoms with Crippen molar-refractivity contribution in [2.75, 3.05) is 39.3 Å². The van der Waals surface area contributed by atoms with E-state index in [9.17, 15) is 8.42 Å². The molecule has 0 bridgehead atoms. The van der Waals surface area contributed by atoms with Gasteiger partial charge in [-0.15, -0.1) is 24.0 Å². The molecule has 31 heavy (non-hydrogen) atoms. The van der Waals surface area contributed by atoms with E-state index >= 15 is 0 Å². The number of sulfonamides is 1. The van der Waals surface area contributed by atoms with Crippen molar-refractivity contribution in [3.63, 3.8) is 0 Å². The smallest absolute Gasteiger partial charge is 0.242 e. The van der Waals surface area contributed by atoms with Crippen molar-refractivity contribution in [2.45, 2.75) is 30.7 Å². The van der Waals surface area contributed by atoms with E-state index in [2.05, 4.69) is 25.2 Å². The molecule has 0 spiro atoms. The van der Waals surface area contributed by atoms with Crippen LogP contribution in [0.25, 0.3) is 0 Å². The summed E-state index contributed by atoms with van der Waals surface area (Å²) in [6, 6.07) is 7.11. The first-order valence-corrected chi connectivity index (χ1v) is 11.8. The Labute approximate surface area is 201 Å². The largest absolute Gasteiger partial charge is 0.468 e. The molecule has 1 unspecified atom stereocenters. The second kappa shape index (κ2) is 13.0. The van der Waals surface area contributed by atoms with Crippen LogP contribution in [0.5, 0.6) is 0 Å². The quantitative estimate of drug-likeness (QED) is 0.176. The predicted molar refractivity (Wildman–Crippen MR) is 131 cm³/mol. The number of furan rings is 1. The van der Waals surface area contributed by atoms with E-state index in [4.69, 9.17) is 9.41 Å². The number of aliphatic imine (C=N–C) groups is 1. The van der Waals surface area contributed by atoms with Crippen molar-refractivity contribution in [3.8, 4) is 0 Å². The van der Waals surface area contributed by atoms with Gasteiger partial charge in [-0.1, -0.05) is 0 Å². The number of halogens is 1. The van der Waals surface area contributed by atoms with Crippen LogP contribution in [0, 0.1) is 0 Å². The highest BCUT2D eigenvalue weighted by atomic mass is 127. The summed E-state index contributed by atoms with van der Waals surface area (Å²) in [6.07, 6.45) is 6.94. The van der Waals surface area contributed by atoms with Crippen molar-refractivity contribution < 1.29 is 12.8 Å². The van der Waals surface area contributed by atoms with Crippen LogP contribution < -0.4 is 15.4 Å². The summed E-state index contributed by atoms with van der Waals surface area (Å²) in [6.45, 7) is 5.98. The zero-order chi connectivity index (χ0) is 21.2. The molecule has 1 fully saturated rings. The lowest BCUT2D eigenvalue weighted by molar-refractivity contribution is 0.221. The molecule has 0 radical (unpaired) electrons. The molecule has 2 aromatic rings. The predicted octanol–water partition coefficient (Wildman–Crippen LogP) is 1.96. The van der Waals surface area contributed by atoms with Crippen molar-refractivity contribution in [2.24, 2.45) is 4.99 Å². The number of pyridine rings is 1. The molecule has 3 heterocycles. The van der Waals surface area contributed by atoms with Gasteiger partial charge in [0.25, 0.3) is 0 Å². The third kappa shape index (κ3) is 7.74. The molecule has 1 atom stereocenters. The Hall–Kier alpha value is -1.70. The molecular formula is C20H31IN6O3S. The zero-order valence-electron chi connectivity index (χ0n) is 17.7. The maximum Gasteiger partial charge on any atom is 0.242 e. The molecule has 3 N–H and O–H groups in total. The van der Waals surface area contributed by atoms with Gasteiger partial charge in [-0.3, -0.25) is 14.9 Å². The highest BCUT2D eigenvalue weighted by Gasteiger charge is 2.25. The van der Waals surface area contributed by atoms with E-state index in [1.54, 1.807) is 12.3 Å². The Kier molecular flexibility index (Phi) is 10.7. The topological polar surface area (TPSA) is 112 Å². The van der Waals surface area contributed by atoms with Crippen molar-refractivity contribution >= 4 is 40.0 Å². The highest BCUT2D eigenvalue weighted by molar-refractivity contribution is 14.0. The third-order valence-electron chi connectivity index (χ3n) is 4.87. The van der Waals surface area contributed by atoms with E-state index in [1.165, 1.54) is 31.3 Å². The molecule has 1 aliphatic heterocycles. The van der Waals surface area contributed by atoms with Crippen LogP contribution in [-0.4, -0.2) is 63.5 Å². The number of likely N-dealkylation sites (tertiary alicyclic amines) is 1. The summed E-state index contributed by atoms with van der Waals surface area (Å²) < 4.78 is 32.7. The molecule has 0 saturated carbocycles. The van der Waals surface area contributed by atoms with Gasteiger partial charge in [0.15, 0.2) is 5.96 Å². The number of aromatic nitrogens is 1. The number of guanidine groups is 1.